The van der Waals surface area contributed by atoms with Gasteiger partial charge in [0.25, 0.3) is 0 Å². The molecule has 5 nitrogen and oxygen atoms in total. The van der Waals surface area contributed by atoms with E-state index in [-0.39, 0.29) is 42.2 Å². The predicted molar refractivity (Wildman–Crippen MR) is 118 cm³/mol. The molecule has 2 atom stereocenters. The van der Waals surface area contributed by atoms with Crippen molar-refractivity contribution in [2.75, 3.05) is 32.8 Å². The molecule has 3 rings (SSSR count). The minimum atomic E-state index is -0.800. The average molecular weight is 432 g/mol. The van der Waals surface area contributed by atoms with Crippen molar-refractivity contribution in [3.8, 4) is 0 Å². The molecule has 2 aliphatic rings. The monoisotopic (exact) mass is 431 g/mol. The number of aryl methyl sites for hydroxylation is 1. The molecule has 1 amide bonds. The second-order valence-electron chi connectivity index (χ2n) is 8.40. The summed E-state index contributed by atoms with van der Waals surface area (Å²) < 4.78 is 5.76. The Morgan fingerprint density at radius 3 is 2.39 bits per heavy atom. The van der Waals surface area contributed by atoms with Gasteiger partial charge in [-0.15, -0.1) is 24.8 Å². The second kappa shape index (κ2) is 9.77. The number of amides is 1. The molecule has 1 saturated heterocycles. The summed E-state index contributed by atoms with van der Waals surface area (Å²) >= 11 is 0. The van der Waals surface area contributed by atoms with Crippen LogP contribution < -0.4 is 5.73 Å². The summed E-state index contributed by atoms with van der Waals surface area (Å²) in [4.78, 5) is 17.5. The van der Waals surface area contributed by atoms with E-state index in [1.54, 1.807) is 0 Å². The van der Waals surface area contributed by atoms with Crippen molar-refractivity contribution in [1.82, 2.24) is 9.80 Å². The molecule has 160 valence electrons. The van der Waals surface area contributed by atoms with Crippen molar-refractivity contribution >= 4 is 30.7 Å². The van der Waals surface area contributed by atoms with Crippen molar-refractivity contribution in [1.29, 1.82) is 0 Å². The highest BCUT2D eigenvalue weighted by molar-refractivity contribution is 5.89. The largest absolute Gasteiger partial charge is 0.378 e. The first-order valence-electron chi connectivity index (χ1n) is 9.75. The Labute approximate surface area is 181 Å². The molecule has 2 fully saturated rings. The molecule has 0 bridgehead atoms. The summed E-state index contributed by atoms with van der Waals surface area (Å²) in [7, 11) is 0. The van der Waals surface area contributed by atoms with Crippen LogP contribution in [0.3, 0.4) is 0 Å². The lowest BCUT2D eigenvalue weighted by Gasteiger charge is -2.59. The fourth-order valence-electron chi connectivity index (χ4n) is 4.26. The third-order valence-corrected chi connectivity index (χ3v) is 6.36. The fourth-order valence-corrected chi connectivity index (χ4v) is 4.26. The number of rotatable bonds is 5. The zero-order valence-electron chi connectivity index (χ0n) is 17.4. The number of piperazine rings is 1. The first-order chi connectivity index (χ1) is 12.3. The summed E-state index contributed by atoms with van der Waals surface area (Å²) in [5.41, 5.74) is 8.07. The van der Waals surface area contributed by atoms with Crippen molar-refractivity contribution in [2.24, 2.45) is 11.1 Å². The van der Waals surface area contributed by atoms with Crippen LogP contribution in [-0.2, 0) is 16.1 Å². The number of benzene rings is 1. The number of hydrogen-bond donors (Lipinski definition) is 1. The Morgan fingerprint density at radius 2 is 1.86 bits per heavy atom. The van der Waals surface area contributed by atoms with Gasteiger partial charge in [0.15, 0.2) is 0 Å². The highest BCUT2D eigenvalue weighted by Gasteiger charge is 2.63. The molecule has 1 heterocycles. The summed E-state index contributed by atoms with van der Waals surface area (Å²) in [6, 6.07) is 8.63. The van der Waals surface area contributed by atoms with Crippen LogP contribution in [0, 0.1) is 12.3 Å². The van der Waals surface area contributed by atoms with Gasteiger partial charge in [-0.2, -0.15) is 0 Å². The van der Waals surface area contributed by atoms with Gasteiger partial charge < -0.3 is 15.4 Å². The van der Waals surface area contributed by atoms with Gasteiger partial charge in [-0.1, -0.05) is 43.7 Å². The van der Waals surface area contributed by atoms with Crippen molar-refractivity contribution in [2.45, 2.75) is 52.3 Å². The van der Waals surface area contributed by atoms with E-state index in [1.165, 1.54) is 11.1 Å². The third-order valence-electron chi connectivity index (χ3n) is 6.36. The van der Waals surface area contributed by atoms with Crippen molar-refractivity contribution < 1.29 is 9.53 Å². The number of carbonyl (C=O) groups excluding carboxylic acids is 1. The standard InChI is InChI=1S/C21H33N3O2.2ClH/c1-5-26-18-14-21(22,20(18,3)4)19(25)24-11-9-23(10-12-24)15-17-8-6-7-16(2)13-17;;/h6-8,13,18H,5,9-12,14-15,22H2,1-4H3;2*1H. The highest BCUT2D eigenvalue weighted by Crippen LogP contribution is 2.50. The van der Waals surface area contributed by atoms with Gasteiger partial charge in [0, 0.05) is 51.2 Å². The zero-order valence-corrected chi connectivity index (χ0v) is 19.1. The smallest absolute Gasteiger partial charge is 0.243 e. The van der Waals surface area contributed by atoms with E-state index in [9.17, 15) is 4.79 Å². The Hall–Kier alpha value is -0.850. The molecule has 0 radical (unpaired) electrons. The fraction of sp³-hybridized carbons (Fsp3) is 0.667. The van der Waals surface area contributed by atoms with Crippen LogP contribution in [0.1, 0.15) is 38.3 Å². The first kappa shape index (κ1) is 25.2. The molecular formula is C21H35Cl2N3O2. The minimum Gasteiger partial charge on any atom is -0.378 e. The van der Waals surface area contributed by atoms with Crippen molar-refractivity contribution in [3.63, 3.8) is 0 Å². The van der Waals surface area contributed by atoms with Crippen LogP contribution in [0.4, 0.5) is 0 Å². The van der Waals surface area contributed by atoms with E-state index in [4.69, 9.17) is 10.5 Å². The zero-order chi connectivity index (χ0) is 18.9. The molecule has 7 heteroatoms. The highest BCUT2D eigenvalue weighted by atomic mass is 35.5. The lowest BCUT2D eigenvalue weighted by Crippen LogP contribution is -2.76. The van der Waals surface area contributed by atoms with Crippen LogP contribution in [0.25, 0.3) is 0 Å². The van der Waals surface area contributed by atoms with Crippen LogP contribution in [0.15, 0.2) is 24.3 Å². The summed E-state index contributed by atoms with van der Waals surface area (Å²) in [6.45, 7) is 13.1. The van der Waals surface area contributed by atoms with Gasteiger partial charge in [0.2, 0.25) is 5.91 Å². The Kier molecular flexibility index (Phi) is 8.79. The number of halogens is 2. The average Bonchev–Trinajstić information content (AvgIpc) is 2.61. The Morgan fingerprint density at radius 1 is 1.21 bits per heavy atom. The quantitative estimate of drug-likeness (QED) is 0.777. The molecule has 1 aromatic rings. The summed E-state index contributed by atoms with van der Waals surface area (Å²) in [5, 5.41) is 0. The van der Waals surface area contributed by atoms with Crippen LogP contribution in [0.5, 0.6) is 0 Å². The summed E-state index contributed by atoms with van der Waals surface area (Å²) in [5.74, 6) is 0.0914. The van der Waals surface area contributed by atoms with E-state index >= 15 is 0 Å². The van der Waals surface area contributed by atoms with Gasteiger partial charge in [-0.3, -0.25) is 9.69 Å². The van der Waals surface area contributed by atoms with Gasteiger partial charge in [-0.25, -0.2) is 0 Å². The maximum Gasteiger partial charge on any atom is 0.243 e. The summed E-state index contributed by atoms with van der Waals surface area (Å²) in [6.07, 6.45) is 0.694. The van der Waals surface area contributed by atoms with E-state index in [0.29, 0.717) is 13.0 Å². The van der Waals surface area contributed by atoms with Gasteiger partial charge in [-0.05, 0) is 19.4 Å². The molecule has 1 saturated carbocycles. The number of ether oxygens (including phenoxy) is 1. The predicted octanol–water partition coefficient (Wildman–Crippen LogP) is 3.02. The molecular weight excluding hydrogens is 397 g/mol. The van der Waals surface area contributed by atoms with Crippen LogP contribution >= 0.6 is 24.8 Å². The molecule has 2 unspecified atom stereocenters. The van der Waals surface area contributed by atoms with Crippen molar-refractivity contribution in [3.05, 3.63) is 35.4 Å². The molecule has 28 heavy (non-hydrogen) atoms. The molecule has 0 spiro atoms. The van der Waals surface area contributed by atoms with E-state index in [1.807, 2.05) is 11.8 Å². The maximum atomic E-state index is 13.1. The molecule has 1 aromatic carbocycles. The van der Waals surface area contributed by atoms with E-state index < -0.39 is 5.54 Å². The maximum absolute atomic E-state index is 13.1. The molecule has 1 aliphatic carbocycles. The lowest BCUT2D eigenvalue weighted by atomic mass is 9.54. The molecule has 2 N–H and O–H groups in total. The van der Waals surface area contributed by atoms with Gasteiger partial charge >= 0.3 is 0 Å². The van der Waals surface area contributed by atoms with Gasteiger partial charge in [0.05, 0.1) is 6.10 Å². The number of carbonyl (C=O) groups is 1. The van der Waals surface area contributed by atoms with E-state index in [0.717, 1.165) is 32.7 Å². The van der Waals surface area contributed by atoms with Crippen LogP contribution in [-0.4, -0.2) is 60.1 Å². The van der Waals surface area contributed by atoms with Crippen LogP contribution in [0.2, 0.25) is 0 Å². The minimum absolute atomic E-state index is 0. The number of nitrogens with two attached hydrogens (primary N) is 1. The first-order valence-corrected chi connectivity index (χ1v) is 9.75. The number of hydrogen-bond acceptors (Lipinski definition) is 4. The lowest BCUT2D eigenvalue weighted by molar-refractivity contribution is -0.180. The molecule has 0 aromatic heterocycles. The molecule has 1 aliphatic heterocycles. The number of nitrogens with zero attached hydrogens (tertiary/aromatic N) is 2. The Balaban J connectivity index is 0.00000196. The third kappa shape index (κ3) is 4.65. The topological polar surface area (TPSA) is 58.8 Å². The van der Waals surface area contributed by atoms with Gasteiger partial charge in [0.1, 0.15) is 5.54 Å². The normalized spacial score (nSPS) is 26.6. The SMILES string of the molecule is CCOC1CC(N)(C(=O)N2CCN(Cc3cccc(C)c3)CC2)C1(C)C.Cl.Cl. The second-order valence-corrected chi connectivity index (χ2v) is 8.40. The van der Waals surface area contributed by atoms with E-state index in [2.05, 4.69) is 49.9 Å². The Bertz CT molecular complexity index is 663.